The smallest absolute Gasteiger partial charge is 0.206 e. The lowest BCUT2D eigenvalue weighted by atomic mass is 10.1. The first-order valence-corrected chi connectivity index (χ1v) is 8.13. The second-order valence-electron chi connectivity index (χ2n) is 3.85. The second kappa shape index (κ2) is 5.04. The third kappa shape index (κ3) is 2.27. The van der Waals surface area contributed by atoms with Gasteiger partial charge in [0.1, 0.15) is 4.21 Å². The monoisotopic (exact) mass is 279 g/mol. The van der Waals surface area contributed by atoms with Gasteiger partial charge in [0.2, 0.25) is 0 Å². The van der Waals surface area contributed by atoms with E-state index in [1.54, 1.807) is 21.8 Å². The molecule has 16 heavy (non-hydrogen) atoms. The summed E-state index contributed by atoms with van der Waals surface area (Å²) in [6, 6.07) is 3.37. The van der Waals surface area contributed by atoms with Crippen LogP contribution in [0.5, 0.6) is 0 Å². The van der Waals surface area contributed by atoms with Gasteiger partial charge in [-0.05, 0) is 24.3 Å². The van der Waals surface area contributed by atoms with Gasteiger partial charge in [0.05, 0.1) is 0 Å². The molecule has 1 aromatic heterocycles. The fraction of sp³-hybridized carbons (Fsp3) is 0.600. The van der Waals surface area contributed by atoms with Crippen LogP contribution in [0.15, 0.2) is 21.7 Å². The van der Waals surface area contributed by atoms with Crippen LogP contribution >= 0.6 is 22.9 Å². The highest BCUT2D eigenvalue weighted by atomic mass is 35.5. The lowest BCUT2D eigenvalue weighted by Crippen LogP contribution is -2.44. The summed E-state index contributed by atoms with van der Waals surface area (Å²) in [5, 5.41) is 1.78. The molecule has 1 atom stereocenters. The molecule has 1 unspecified atom stereocenters. The van der Waals surface area contributed by atoms with E-state index in [1.165, 1.54) is 11.3 Å². The number of sulfonamides is 1. The zero-order valence-electron chi connectivity index (χ0n) is 8.80. The van der Waals surface area contributed by atoms with Crippen LogP contribution in [-0.2, 0) is 10.0 Å². The highest BCUT2D eigenvalue weighted by Gasteiger charge is 2.33. The van der Waals surface area contributed by atoms with Crippen LogP contribution in [0.4, 0.5) is 0 Å². The molecule has 1 saturated heterocycles. The summed E-state index contributed by atoms with van der Waals surface area (Å²) in [6.45, 7) is 0.595. The van der Waals surface area contributed by atoms with E-state index >= 15 is 0 Å². The van der Waals surface area contributed by atoms with Gasteiger partial charge in [0, 0.05) is 18.5 Å². The van der Waals surface area contributed by atoms with E-state index in [1.807, 2.05) is 0 Å². The molecule has 0 aromatic carbocycles. The summed E-state index contributed by atoms with van der Waals surface area (Å²) in [4.78, 5) is 0. The van der Waals surface area contributed by atoms with Gasteiger partial charge >= 0.3 is 0 Å². The van der Waals surface area contributed by atoms with Crippen molar-refractivity contribution in [1.29, 1.82) is 0 Å². The molecule has 0 N–H and O–H groups in total. The van der Waals surface area contributed by atoms with Crippen LogP contribution in [0.25, 0.3) is 0 Å². The minimum Gasteiger partial charge on any atom is -0.206 e. The quantitative estimate of drug-likeness (QED) is 0.798. The van der Waals surface area contributed by atoms with E-state index < -0.39 is 10.0 Å². The molecule has 0 bridgehead atoms. The Morgan fingerprint density at radius 2 is 2.31 bits per heavy atom. The maximum absolute atomic E-state index is 12.3. The van der Waals surface area contributed by atoms with Crippen molar-refractivity contribution in [2.24, 2.45) is 0 Å². The first-order valence-electron chi connectivity index (χ1n) is 5.27. The number of piperidine rings is 1. The average Bonchev–Trinajstić information content (AvgIpc) is 2.83. The minimum atomic E-state index is -3.31. The van der Waals surface area contributed by atoms with Gasteiger partial charge < -0.3 is 0 Å². The summed E-state index contributed by atoms with van der Waals surface area (Å²) >= 11 is 7.10. The predicted molar refractivity (Wildman–Crippen MR) is 66.6 cm³/mol. The third-order valence-corrected chi connectivity index (χ3v) is 6.49. The van der Waals surface area contributed by atoms with Gasteiger partial charge in [-0.15, -0.1) is 22.9 Å². The van der Waals surface area contributed by atoms with E-state index in [2.05, 4.69) is 0 Å². The molecule has 0 saturated carbocycles. The molecular weight excluding hydrogens is 266 g/mol. The highest BCUT2D eigenvalue weighted by molar-refractivity contribution is 7.91. The van der Waals surface area contributed by atoms with Crippen LogP contribution in [0.1, 0.15) is 19.3 Å². The van der Waals surface area contributed by atoms with Gasteiger partial charge in [0.25, 0.3) is 10.0 Å². The van der Waals surface area contributed by atoms with Crippen molar-refractivity contribution in [3.05, 3.63) is 17.5 Å². The SMILES string of the molecule is O=S(=O)(c1cccs1)N1CCCCC1CCl. The van der Waals surface area contributed by atoms with Gasteiger partial charge in [-0.2, -0.15) is 4.31 Å². The molecule has 1 aliphatic rings. The Balaban J connectivity index is 2.28. The van der Waals surface area contributed by atoms with Crippen LogP contribution < -0.4 is 0 Å². The van der Waals surface area contributed by atoms with Crippen LogP contribution in [0.2, 0.25) is 0 Å². The standard InChI is InChI=1S/C10H14ClNO2S2/c11-8-9-4-1-2-6-12(9)16(13,14)10-5-3-7-15-10/h3,5,7,9H,1-2,4,6,8H2. The molecular formula is C10H14ClNO2S2. The summed E-state index contributed by atoms with van der Waals surface area (Å²) in [5.74, 6) is 0.380. The molecule has 0 spiro atoms. The lowest BCUT2D eigenvalue weighted by Gasteiger charge is -2.32. The van der Waals surface area contributed by atoms with Crippen molar-refractivity contribution in [3.8, 4) is 0 Å². The number of thiophene rings is 1. The molecule has 1 aromatic rings. The van der Waals surface area contributed by atoms with E-state index in [9.17, 15) is 8.42 Å². The summed E-state index contributed by atoms with van der Waals surface area (Å²) < 4.78 is 26.6. The van der Waals surface area contributed by atoms with Crippen LogP contribution in [0.3, 0.4) is 0 Å². The van der Waals surface area contributed by atoms with E-state index in [0.717, 1.165) is 19.3 Å². The molecule has 3 nitrogen and oxygen atoms in total. The fourth-order valence-corrected chi connectivity index (χ4v) is 5.19. The minimum absolute atomic E-state index is 0.0393. The van der Waals surface area contributed by atoms with Gasteiger partial charge in [-0.3, -0.25) is 0 Å². The Morgan fingerprint density at radius 1 is 1.50 bits per heavy atom. The largest absolute Gasteiger partial charge is 0.252 e. The van der Waals surface area contributed by atoms with Crippen molar-refractivity contribution in [2.75, 3.05) is 12.4 Å². The van der Waals surface area contributed by atoms with Gasteiger partial charge in [0.15, 0.2) is 0 Å². The van der Waals surface area contributed by atoms with E-state index in [4.69, 9.17) is 11.6 Å². The Labute approximate surface area is 105 Å². The van der Waals surface area contributed by atoms with E-state index in [-0.39, 0.29) is 6.04 Å². The molecule has 6 heteroatoms. The number of rotatable bonds is 3. The second-order valence-corrected chi connectivity index (χ2v) is 7.23. The number of alkyl halides is 1. The first-order chi connectivity index (χ1) is 7.66. The number of nitrogens with zero attached hydrogens (tertiary/aromatic N) is 1. The Morgan fingerprint density at radius 3 is 2.94 bits per heavy atom. The van der Waals surface area contributed by atoms with Crippen molar-refractivity contribution in [2.45, 2.75) is 29.5 Å². The Bertz CT molecular complexity index is 430. The van der Waals surface area contributed by atoms with Crippen molar-refractivity contribution < 1.29 is 8.42 Å². The summed E-state index contributed by atoms with van der Waals surface area (Å²) in [5.41, 5.74) is 0. The summed E-state index contributed by atoms with van der Waals surface area (Å²) in [7, 11) is -3.31. The molecule has 0 aliphatic carbocycles. The molecule has 1 fully saturated rings. The topological polar surface area (TPSA) is 37.4 Å². The molecule has 90 valence electrons. The highest BCUT2D eigenvalue weighted by Crippen LogP contribution is 2.28. The van der Waals surface area contributed by atoms with Crippen LogP contribution in [0, 0.1) is 0 Å². The number of hydrogen-bond acceptors (Lipinski definition) is 3. The Kier molecular flexibility index (Phi) is 3.89. The normalized spacial score (nSPS) is 23.4. The fourth-order valence-electron chi connectivity index (χ4n) is 1.97. The molecule has 2 heterocycles. The Hall–Kier alpha value is -0.100. The summed E-state index contributed by atoms with van der Waals surface area (Å²) in [6.07, 6.45) is 2.86. The maximum atomic E-state index is 12.3. The van der Waals surface area contributed by atoms with Gasteiger partial charge in [-0.1, -0.05) is 12.5 Å². The maximum Gasteiger partial charge on any atom is 0.252 e. The molecule has 0 radical (unpaired) electrons. The van der Waals surface area contributed by atoms with E-state index in [0.29, 0.717) is 16.6 Å². The lowest BCUT2D eigenvalue weighted by molar-refractivity contribution is 0.272. The number of halogens is 1. The predicted octanol–water partition coefficient (Wildman–Crippen LogP) is 2.53. The van der Waals surface area contributed by atoms with Crippen molar-refractivity contribution >= 4 is 33.0 Å². The first kappa shape index (κ1) is 12.4. The van der Waals surface area contributed by atoms with Crippen molar-refractivity contribution in [3.63, 3.8) is 0 Å². The number of hydrogen-bond donors (Lipinski definition) is 0. The molecule has 1 aliphatic heterocycles. The molecule has 0 amide bonds. The van der Waals surface area contributed by atoms with Crippen molar-refractivity contribution in [1.82, 2.24) is 4.31 Å². The zero-order valence-corrected chi connectivity index (χ0v) is 11.2. The van der Waals surface area contributed by atoms with Gasteiger partial charge in [-0.25, -0.2) is 8.42 Å². The zero-order chi connectivity index (χ0) is 11.6. The third-order valence-electron chi connectivity index (χ3n) is 2.81. The molecule has 2 rings (SSSR count). The average molecular weight is 280 g/mol. The van der Waals surface area contributed by atoms with Crippen LogP contribution in [-0.4, -0.2) is 31.2 Å².